The van der Waals surface area contributed by atoms with E-state index in [9.17, 15) is 0 Å². The molecule has 1 aromatic heterocycles. The van der Waals surface area contributed by atoms with Crippen LogP contribution in [0.15, 0.2) is 6.33 Å². The van der Waals surface area contributed by atoms with E-state index in [-0.39, 0.29) is 12.6 Å². The van der Waals surface area contributed by atoms with Crippen LogP contribution in [0.1, 0.15) is 44.4 Å². The molecule has 0 aromatic carbocycles. The zero-order valence-corrected chi connectivity index (χ0v) is 11.3. The van der Waals surface area contributed by atoms with E-state index < -0.39 is 0 Å². The van der Waals surface area contributed by atoms with Crippen LogP contribution < -0.4 is 5.32 Å². The van der Waals surface area contributed by atoms with E-state index in [4.69, 9.17) is 5.11 Å². The summed E-state index contributed by atoms with van der Waals surface area (Å²) in [6, 6.07) is 0.274. The van der Waals surface area contributed by atoms with Gasteiger partial charge < -0.3 is 10.4 Å². The molecule has 4 heteroatoms. The standard InChI is InChI=1S/C14H23N3O/c1-10(2)12(7-8-18)17-14-11-5-3-4-6-13(11)15-9-16-14/h9-10,12,18H,3-8H2,1-2H3,(H,15,16,17). The Balaban J connectivity index is 2.17. The molecule has 2 rings (SSSR count). The Morgan fingerprint density at radius 1 is 1.28 bits per heavy atom. The van der Waals surface area contributed by atoms with Gasteiger partial charge in [-0.05, 0) is 38.0 Å². The van der Waals surface area contributed by atoms with Gasteiger partial charge in [-0.2, -0.15) is 0 Å². The molecule has 1 aliphatic rings. The molecule has 18 heavy (non-hydrogen) atoms. The largest absolute Gasteiger partial charge is 0.396 e. The second-order valence-corrected chi connectivity index (χ2v) is 5.36. The van der Waals surface area contributed by atoms with Crippen LogP contribution in [0.25, 0.3) is 0 Å². The molecule has 0 spiro atoms. The summed E-state index contributed by atoms with van der Waals surface area (Å²) in [5, 5.41) is 12.6. The number of aliphatic hydroxyl groups excluding tert-OH is 1. The van der Waals surface area contributed by atoms with Crippen LogP contribution in [-0.4, -0.2) is 27.7 Å². The van der Waals surface area contributed by atoms with Crippen molar-refractivity contribution in [3.8, 4) is 0 Å². The monoisotopic (exact) mass is 249 g/mol. The number of anilines is 1. The third-order valence-corrected chi connectivity index (χ3v) is 3.69. The average Bonchev–Trinajstić information content (AvgIpc) is 2.38. The van der Waals surface area contributed by atoms with Crippen molar-refractivity contribution < 1.29 is 5.11 Å². The van der Waals surface area contributed by atoms with Gasteiger partial charge in [-0.25, -0.2) is 9.97 Å². The molecule has 100 valence electrons. The van der Waals surface area contributed by atoms with E-state index >= 15 is 0 Å². The number of aryl methyl sites for hydroxylation is 1. The Hall–Kier alpha value is -1.16. The Labute approximate surface area is 109 Å². The Morgan fingerprint density at radius 2 is 2.06 bits per heavy atom. The maximum Gasteiger partial charge on any atom is 0.133 e. The second-order valence-electron chi connectivity index (χ2n) is 5.36. The van der Waals surface area contributed by atoms with Gasteiger partial charge in [0, 0.05) is 23.9 Å². The molecule has 0 fully saturated rings. The zero-order chi connectivity index (χ0) is 13.0. The lowest BCUT2D eigenvalue weighted by Gasteiger charge is -2.25. The summed E-state index contributed by atoms with van der Waals surface area (Å²) < 4.78 is 0. The number of rotatable bonds is 5. The first-order valence-corrected chi connectivity index (χ1v) is 6.92. The molecular weight excluding hydrogens is 226 g/mol. The molecule has 2 N–H and O–H groups in total. The summed E-state index contributed by atoms with van der Waals surface area (Å²) in [4.78, 5) is 8.77. The summed E-state index contributed by atoms with van der Waals surface area (Å²) in [5.74, 6) is 1.46. The van der Waals surface area contributed by atoms with Gasteiger partial charge in [0.15, 0.2) is 0 Å². The summed E-state index contributed by atoms with van der Waals surface area (Å²) in [6.45, 7) is 4.55. The van der Waals surface area contributed by atoms with Crippen LogP contribution in [0.5, 0.6) is 0 Å². The lowest BCUT2D eigenvalue weighted by Crippen LogP contribution is -2.28. The predicted octanol–water partition coefficient (Wildman–Crippen LogP) is 2.17. The van der Waals surface area contributed by atoms with Gasteiger partial charge in [-0.3, -0.25) is 0 Å². The van der Waals surface area contributed by atoms with Crippen LogP contribution in [0.3, 0.4) is 0 Å². The van der Waals surface area contributed by atoms with Crippen molar-refractivity contribution >= 4 is 5.82 Å². The van der Waals surface area contributed by atoms with Crippen molar-refractivity contribution in [2.45, 2.75) is 52.0 Å². The SMILES string of the molecule is CC(C)C(CCO)Nc1ncnc2c1CCCC2. The average molecular weight is 249 g/mol. The molecule has 0 saturated heterocycles. The molecule has 1 atom stereocenters. The van der Waals surface area contributed by atoms with Gasteiger partial charge in [0.2, 0.25) is 0 Å². The predicted molar refractivity (Wildman–Crippen MR) is 72.6 cm³/mol. The van der Waals surface area contributed by atoms with Gasteiger partial charge in [0.1, 0.15) is 12.1 Å². The topological polar surface area (TPSA) is 58.0 Å². The number of aliphatic hydroxyl groups is 1. The molecule has 0 radical (unpaired) electrons. The van der Waals surface area contributed by atoms with Crippen molar-refractivity contribution in [2.75, 3.05) is 11.9 Å². The normalized spacial score (nSPS) is 16.4. The number of hydrogen-bond donors (Lipinski definition) is 2. The third kappa shape index (κ3) is 2.99. The van der Waals surface area contributed by atoms with Crippen molar-refractivity contribution in [3.63, 3.8) is 0 Å². The number of nitrogens with one attached hydrogen (secondary N) is 1. The van der Waals surface area contributed by atoms with Crippen molar-refractivity contribution in [3.05, 3.63) is 17.6 Å². The van der Waals surface area contributed by atoms with Gasteiger partial charge in [-0.15, -0.1) is 0 Å². The number of hydrogen-bond acceptors (Lipinski definition) is 4. The van der Waals surface area contributed by atoms with Gasteiger partial charge in [0.05, 0.1) is 0 Å². The maximum atomic E-state index is 9.13. The first kappa shape index (κ1) is 13.3. The highest BCUT2D eigenvalue weighted by Crippen LogP contribution is 2.25. The van der Waals surface area contributed by atoms with Crippen molar-refractivity contribution in [2.24, 2.45) is 5.92 Å². The smallest absolute Gasteiger partial charge is 0.133 e. The van der Waals surface area contributed by atoms with Crippen LogP contribution in [0, 0.1) is 5.92 Å². The number of nitrogens with zero attached hydrogens (tertiary/aromatic N) is 2. The first-order chi connectivity index (χ1) is 8.72. The summed E-state index contributed by atoms with van der Waals surface area (Å²) in [7, 11) is 0. The van der Waals surface area contributed by atoms with Crippen LogP contribution in [0.4, 0.5) is 5.82 Å². The molecule has 1 aromatic rings. The highest BCUT2D eigenvalue weighted by Gasteiger charge is 2.19. The fourth-order valence-electron chi connectivity index (χ4n) is 2.53. The third-order valence-electron chi connectivity index (χ3n) is 3.69. The van der Waals surface area contributed by atoms with Crippen LogP contribution in [-0.2, 0) is 12.8 Å². The van der Waals surface area contributed by atoms with Crippen LogP contribution >= 0.6 is 0 Å². The highest BCUT2D eigenvalue weighted by molar-refractivity contribution is 5.47. The van der Waals surface area contributed by atoms with E-state index in [1.54, 1.807) is 6.33 Å². The van der Waals surface area contributed by atoms with E-state index in [2.05, 4.69) is 29.1 Å². The molecule has 1 unspecified atom stereocenters. The molecule has 0 amide bonds. The molecular formula is C14H23N3O. The fourth-order valence-corrected chi connectivity index (χ4v) is 2.53. The molecule has 0 aliphatic heterocycles. The number of fused-ring (bicyclic) bond motifs is 1. The van der Waals surface area contributed by atoms with Crippen molar-refractivity contribution in [1.82, 2.24) is 9.97 Å². The minimum absolute atomic E-state index is 0.211. The summed E-state index contributed by atoms with van der Waals surface area (Å²) in [6.07, 6.45) is 7.01. The molecule has 0 bridgehead atoms. The second kappa shape index (κ2) is 6.14. The summed E-state index contributed by atoms with van der Waals surface area (Å²) in [5.41, 5.74) is 2.48. The molecule has 1 aliphatic carbocycles. The zero-order valence-electron chi connectivity index (χ0n) is 11.3. The van der Waals surface area contributed by atoms with E-state index in [1.165, 1.54) is 24.1 Å². The molecule has 0 saturated carbocycles. The molecule has 4 nitrogen and oxygen atoms in total. The minimum Gasteiger partial charge on any atom is -0.396 e. The quantitative estimate of drug-likeness (QED) is 0.839. The summed E-state index contributed by atoms with van der Waals surface area (Å²) >= 11 is 0. The van der Waals surface area contributed by atoms with E-state index in [1.807, 2.05) is 0 Å². The van der Waals surface area contributed by atoms with E-state index in [0.717, 1.165) is 25.1 Å². The minimum atomic E-state index is 0.211. The van der Waals surface area contributed by atoms with Crippen molar-refractivity contribution in [1.29, 1.82) is 0 Å². The lowest BCUT2D eigenvalue weighted by atomic mass is 9.95. The van der Waals surface area contributed by atoms with Gasteiger partial charge in [-0.1, -0.05) is 13.8 Å². The number of aromatic nitrogens is 2. The van der Waals surface area contributed by atoms with Gasteiger partial charge in [0.25, 0.3) is 0 Å². The maximum absolute atomic E-state index is 9.13. The fraction of sp³-hybridized carbons (Fsp3) is 0.714. The highest BCUT2D eigenvalue weighted by atomic mass is 16.3. The Kier molecular flexibility index (Phi) is 4.53. The van der Waals surface area contributed by atoms with E-state index in [0.29, 0.717) is 5.92 Å². The Morgan fingerprint density at radius 3 is 2.78 bits per heavy atom. The lowest BCUT2D eigenvalue weighted by molar-refractivity contribution is 0.267. The van der Waals surface area contributed by atoms with Gasteiger partial charge >= 0.3 is 0 Å². The first-order valence-electron chi connectivity index (χ1n) is 6.92. The van der Waals surface area contributed by atoms with Crippen LogP contribution in [0.2, 0.25) is 0 Å². The Bertz CT molecular complexity index is 393. The molecule has 1 heterocycles.